The Balaban J connectivity index is 1.60. The molecule has 4 rings (SSSR count). The summed E-state index contributed by atoms with van der Waals surface area (Å²) in [6, 6.07) is 5.45. The summed E-state index contributed by atoms with van der Waals surface area (Å²) < 4.78 is -1.32. The first-order chi connectivity index (χ1) is 16.6. The summed E-state index contributed by atoms with van der Waals surface area (Å²) in [5.74, 6) is -4.46. The Morgan fingerprint density at radius 3 is 2.66 bits per heavy atom. The predicted octanol–water partition coefficient (Wildman–Crippen LogP) is 0.370. The van der Waals surface area contributed by atoms with Crippen LogP contribution in [0.1, 0.15) is 18.6 Å². The largest absolute Gasteiger partial charge is 0.480 e. The van der Waals surface area contributed by atoms with Gasteiger partial charge in [0, 0.05) is 15.8 Å². The number of H-pyrrole nitrogens is 1. The molecule has 2 aliphatic heterocycles. The smallest absolute Gasteiger partial charge is 0.352 e. The summed E-state index contributed by atoms with van der Waals surface area (Å²) in [5.41, 5.74) is -0.203. The van der Waals surface area contributed by atoms with Crippen molar-refractivity contribution in [2.45, 2.75) is 34.3 Å². The fraction of sp³-hybridized carbons (Fsp3) is 0.316. The van der Waals surface area contributed by atoms with Crippen molar-refractivity contribution in [3.63, 3.8) is 0 Å². The molecule has 1 aromatic carbocycles. The van der Waals surface area contributed by atoms with Gasteiger partial charge < -0.3 is 20.6 Å². The Kier molecular flexibility index (Phi) is 6.90. The molecule has 0 radical (unpaired) electrons. The quantitative estimate of drug-likeness (QED) is 0.211. The number of carbonyl (C=O) groups is 4. The third-order valence-corrected chi connectivity index (χ3v) is 8.71. The van der Waals surface area contributed by atoms with Crippen LogP contribution in [0.5, 0.6) is 0 Å². The minimum absolute atomic E-state index is 0.0135. The second kappa shape index (κ2) is 9.60. The third-order valence-electron chi connectivity index (χ3n) is 5.52. The third kappa shape index (κ3) is 4.41. The van der Waals surface area contributed by atoms with Gasteiger partial charge in [0.05, 0.1) is 0 Å². The number of aliphatic carboxylic acids is 2. The standard InChI is InChI=1S/C19H17BrN6O7S2/c1-19(17(32)33,35-18-22-24-25-23-18)8-6-34-15-10(14(29)26(15)11(8)16(30)31)21-13(28)12(27)7-4-2-3-5-9(7)20/h2-5,10,12,15,27H,6H2,1H3,(H,21,28)(H,30,31)(H,32,33)(H,22,23,24,25)/t10?,12?,15-,19?/m0/s1. The molecule has 1 fully saturated rings. The van der Waals surface area contributed by atoms with Crippen LogP contribution in [0.15, 0.2) is 45.2 Å². The number of rotatable bonds is 8. The maximum Gasteiger partial charge on any atom is 0.352 e. The van der Waals surface area contributed by atoms with Crippen LogP contribution in [0.4, 0.5) is 0 Å². The number of thioether (sulfide) groups is 2. The van der Waals surface area contributed by atoms with Gasteiger partial charge in [-0.2, -0.15) is 5.21 Å². The van der Waals surface area contributed by atoms with E-state index in [0.717, 1.165) is 16.7 Å². The number of carboxylic acid groups (broad SMARTS) is 2. The number of fused-ring (bicyclic) bond motifs is 1. The average molecular weight is 585 g/mol. The lowest BCUT2D eigenvalue weighted by atomic mass is 9.95. The van der Waals surface area contributed by atoms with Crippen LogP contribution in [-0.4, -0.2) is 86.5 Å². The Labute approximate surface area is 213 Å². The lowest BCUT2D eigenvalue weighted by Crippen LogP contribution is -2.71. The van der Waals surface area contributed by atoms with E-state index in [4.69, 9.17) is 0 Å². The second-order valence-corrected chi connectivity index (χ2v) is 10.9. The molecule has 16 heteroatoms. The number of hydrogen-bond acceptors (Lipinski definition) is 10. The molecule has 2 aromatic rings. The van der Waals surface area contributed by atoms with E-state index in [2.05, 4.69) is 41.9 Å². The number of aromatic nitrogens is 4. The number of aliphatic hydroxyl groups excluding tert-OH is 1. The number of tetrazole rings is 1. The topological polar surface area (TPSA) is 199 Å². The van der Waals surface area contributed by atoms with Crippen molar-refractivity contribution in [3.05, 3.63) is 45.6 Å². The molecule has 5 N–H and O–H groups in total. The highest BCUT2D eigenvalue weighted by Crippen LogP contribution is 2.48. The van der Waals surface area contributed by atoms with Gasteiger partial charge in [-0.1, -0.05) is 45.9 Å². The Hall–Kier alpha value is -2.95. The molecule has 35 heavy (non-hydrogen) atoms. The molecular weight excluding hydrogens is 568 g/mol. The molecule has 1 saturated heterocycles. The number of hydrogen-bond donors (Lipinski definition) is 5. The summed E-state index contributed by atoms with van der Waals surface area (Å²) in [6.45, 7) is 1.30. The van der Waals surface area contributed by atoms with Crippen molar-refractivity contribution in [2.24, 2.45) is 0 Å². The van der Waals surface area contributed by atoms with E-state index >= 15 is 0 Å². The molecule has 13 nitrogen and oxygen atoms in total. The summed E-state index contributed by atoms with van der Waals surface area (Å²) in [5, 5.41) is 45.0. The molecule has 3 heterocycles. The van der Waals surface area contributed by atoms with E-state index in [1.807, 2.05) is 0 Å². The molecule has 184 valence electrons. The van der Waals surface area contributed by atoms with Crippen LogP contribution in [0.3, 0.4) is 0 Å². The number of aliphatic hydroxyl groups is 1. The van der Waals surface area contributed by atoms with Crippen LogP contribution in [0.2, 0.25) is 0 Å². The zero-order valence-corrected chi connectivity index (χ0v) is 20.9. The molecule has 2 aliphatic rings. The number of β-lactam (4-membered cyclic amide) rings is 1. The lowest BCUT2D eigenvalue weighted by Gasteiger charge is -2.50. The molecule has 0 spiro atoms. The Morgan fingerprint density at radius 1 is 1.34 bits per heavy atom. The van der Waals surface area contributed by atoms with Crippen molar-refractivity contribution < 1.29 is 34.5 Å². The molecule has 1 aromatic heterocycles. The van der Waals surface area contributed by atoms with Crippen molar-refractivity contribution in [1.29, 1.82) is 0 Å². The van der Waals surface area contributed by atoms with Gasteiger partial charge in [-0.25, -0.2) is 4.79 Å². The van der Waals surface area contributed by atoms with Gasteiger partial charge in [-0.15, -0.1) is 22.0 Å². The van der Waals surface area contributed by atoms with Gasteiger partial charge in [0.15, 0.2) is 6.10 Å². The van der Waals surface area contributed by atoms with E-state index in [9.17, 15) is 34.5 Å². The van der Waals surface area contributed by atoms with Gasteiger partial charge in [0.1, 0.15) is 21.9 Å². The molecule has 0 aliphatic carbocycles. The van der Waals surface area contributed by atoms with Gasteiger partial charge in [-0.05, 0) is 23.8 Å². The number of amides is 2. The minimum Gasteiger partial charge on any atom is -0.480 e. The molecule has 0 saturated carbocycles. The summed E-state index contributed by atoms with van der Waals surface area (Å²) >= 11 is 5.04. The number of nitrogens with zero attached hydrogens (tertiary/aromatic N) is 4. The van der Waals surface area contributed by atoms with Crippen molar-refractivity contribution in [3.8, 4) is 0 Å². The van der Waals surface area contributed by atoms with Crippen LogP contribution < -0.4 is 5.32 Å². The number of carboxylic acids is 2. The van der Waals surface area contributed by atoms with Gasteiger partial charge in [0.25, 0.3) is 11.8 Å². The first-order valence-electron chi connectivity index (χ1n) is 9.86. The predicted molar refractivity (Wildman–Crippen MR) is 125 cm³/mol. The highest BCUT2D eigenvalue weighted by molar-refractivity contribution is 9.10. The number of nitrogens with one attached hydrogen (secondary N) is 2. The Morgan fingerprint density at radius 2 is 2.06 bits per heavy atom. The molecule has 0 bridgehead atoms. The Bertz CT molecular complexity index is 1240. The zero-order valence-electron chi connectivity index (χ0n) is 17.7. The summed E-state index contributed by atoms with van der Waals surface area (Å²) in [6.07, 6.45) is -1.56. The van der Waals surface area contributed by atoms with Gasteiger partial charge in [-0.3, -0.25) is 19.3 Å². The zero-order chi connectivity index (χ0) is 25.5. The molecule has 4 atom stereocenters. The van der Waals surface area contributed by atoms with E-state index in [1.54, 1.807) is 24.3 Å². The first-order valence-corrected chi connectivity index (χ1v) is 12.5. The number of benzene rings is 1. The van der Waals surface area contributed by atoms with Crippen molar-refractivity contribution in [2.75, 3.05) is 5.75 Å². The van der Waals surface area contributed by atoms with Gasteiger partial charge in [0.2, 0.25) is 5.16 Å². The summed E-state index contributed by atoms with van der Waals surface area (Å²) in [7, 11) is 0. The molecular formula is C19H17BrN6O7S2. The molecule has 3 unspecified atom stereocenters. The lowest BCUT2D eigenvalue weighted by molar-refractivity contribution is -0.152. The fourth-order valence-corrected chi connectivity index (χ4v) is 6.67. The van der Waals surface area contributed by atoms with Crippen LogP contribution >= 0.6 is 39.5 Å². The average Bonchev–Trinajstić information content (AvgIpc) is 3.33. The van der Waals surface area contributed by atoms with E-state index < -0.39 is 51.7 Å². The fourth-order valence-electron chi connectivity index (χ4n) is 3.67. The minimum atomic E-state index is -1.82. The number of carbonyl (C=O) groups excluding carboxylic acids is 2. The maximum absolute atomic E-state index is 12.9. The highest BCUT2D eigenvalue weighted by atomic mass is 79.9. The van der Waals surface area contributed by atoms with Crippen LogP contribution in [-0.2, 0) is 19.2 Å². The summed E-state index contributed by atoms with van der Waals surface area (Å²) in [4.78, 5) is 50.9. The maximum atomic E-state index is 12.9. The van der Waals surface area contributed by atoms with Crippen molar-refractivity contribution >= 4 is 63.2 Å². The monoisotopic (exact) mass is 584 g/mol. The molecule has 2 amide bonds. The second-order valence-electron chi connectivity index (χ2n) is 7.59. The van der Waals surface area contributed by atoms with E-state index in [1.165, 1.54) is 6.92 Å². The van der Waals surface area contributed by atoms with E-state index in [0.29, 0.717) is 21.8 Å². The van der Waals surface area contributed by atoms with Crippen molar-refractivity contribution in [1.82, 2.24) is 30.8 Å². The normalized spacial score (nSPS) is 22.0. The number of halogens is 1. The number of aromatic amines is 1. The highest BCUT2D eigenvalue weighted by Gasteiger charge is 2.57. The first kappa shape index (κ1) is 25.2. The SMILES string of the molecule is CC(Sc1nn[nH]n1)(C(=O)O)C1=C(C(=O)O)N2C(=O)C(NC(=O)C(O)c3ccccc3Br)[C@@H]2SC1. The van der Waals surface area contributed by atoms with Crippen LogP contribution in [0.25, 0.3) is 0 Å². The van der Waals surface area contributed by atoms with Gasteiger partial charge >= 0.3 is 11.9 Å². The van der Waals surface area contributed by atoms with Crippen LogP contribution in [0, 0.1) is 0 Å². The van der Waals surface area contributed by atoms with E-state index in [-0.39, 0.29) is 16.5 Å².